The van der Waals surface area contributed by atoms with E-state index in [0.717, 1.165) is 0 Å². The van der Waals surface area contributed by atoms with E-state index in [1.165, 1.54) is 0 Å². The molecular weight excluding hydrogens is 299 g/mol. The smallest absolute Gasteiger partial charge is 0.358 e. The van der Waals surface area contributed by atoms with E-state index in [4.69, 9.17) is 0 Å². The third kappa shape index (κ3) is 1.76. The molecule has 0 amide bonds. The van der Waals surface area contributed by atoms with Gasteiger partial charge in [-0.05, 0) is 48.4 Å². The van der Waals surface area contributed by atoms with E-state index in [9.17, 15) is 27.5 Å². The van der Waals surface area contributed by atoms with E-state index in [-0.39, 0.29) is 6.42 Å². The first-order chi connectivity index (χ1) is 8.00. The Balaban J connectivity index is 2.47. The summed E-state index contributed by atoms with van der Waals surface area (Å²) in [5.41, 5.74) is -4.06. The fourth-order valence-electron chi connectivity index (χ4n) is 3.12. The van der Waals surface area contributed by atoms with E-state index in [0.29, 0.717) is 12.8 Å². The Bertz CT molecular complexity index is 363. The van der Waals surface area contributed by atoms with Gasteiger partial charge in [-0.2, -0.15) is 17.6 Å². The predicted molar refractivity (Wildman–Crippen MR) is 55.9 cm³/mol. The van der Waals surface area contributed by atoms with Crippen molar-refractivity contribution in [2.24, 2.45) is 17.8 Å². The molecule has 2 nitrogen and oxygen atoms in total. The molecule has 0 aliphatic heterocycles. The van der Waals surface area contributed by atoms with Gasteiger partial charge in [0.2, 0.25) is 5.60 Å². The van der Waals surface area contributed by atoms with Gasteiger partial charge < -0.3 is 5.11 Å². The van der Waals surface area contributed by atoms with Gasteiger partial charge in [0.25, 0.3) is 0 Å². The second-order valence-electron chi connectivity index (χ2n) is 4.91. The maximum atomic E-state index is 13.2. The molecule has 2 bridgehead atoms. The zero-order valence-corrected chi connectivity index (χ0v) is 10.5. The average molecular weight is 309 g/mol. The van der Waals surface area contributed by atoms with Gasteiger partial charge in [-0.1, -0.05) is 0 Å². The fourth-order valence-corrected chi connectivity index (χ4v) is 3.64. The molecule has 2 saturated carbocycles. The molecule has 3 atom stereocenters. The van der Waals surface area contributed by atoms with Gasteiger partial charge in [-0.15, -0.1) is 0 Å². The molecule has 0 aromatic heterocycles. The van der Waals surface area contributed by atoms with Crippen LogP contribution >= 0.6 is 23.2 Å². The summed E-state index contributed by atoms with van der Waals surface area (Å²) in [6.07, 6.45) is 1.03. The van der Waals surface area contributed by atoms with Crippen LogP contribution in [0.5, 0.6) is 0 Å². The number of carbonyl (C=O) groups is 1. The lowest BCUT2D eigenvalue weighted by Gasteiger charge is -2.41. The van der Waals surface area contributed by atoms with Crippen molar-refractivity contribution >= 4 is 29.0 Å². The maximum absolute atomic E-state index is 13.2. The number of alkyl halides is 6. The summed E-state index contributed by atoms with van der Waals surface area (Å²) in [6.45, 7) is 0. The minimum atomic E-state index is -4.69. The monoisotopic (exact) mass is 308 g/mol. The molecule has 0 spiro atoms. The van der Waals surface area contributed by atoms with Crippen LogP contribution in [-0.4, -0.2) is 27.3 Å². The third-order valence-electron chi connectivity index (χ3n) is 3.97. The Kier molecular flexibility index (Phi) is 3.16. The van der Waals surface area contributed by atoms with Crippen molar-refractivity contribution in [2.75, 3.05) is 0 Å². The minimum absolute atomic E-state index is 0.228. The largest absolute Gasteiger partial charge is 0.376 e. The average Bonchev–Trinajstić information content (AvgIpc) is 2.73. The maximum Gasteiger partial charge on any atom is 0.358 e. The van der Waals surface area contributed by atoms with Crippen LogP contribution in [0.4, 0.5) is 17.6 Å². The highest BCUT2D eigenvalue weighted by molar-refractivity contribution is 6.26. The molecule has 8 heteroatoms. The Morgan fingerprint density at radius 1 is 1.11 bits per heavy atom. The molecule has 0 aromatic rings. The lowest BCUT2D eigenvalue weighted by atomic mass is 9.75. The molecule has 18 heavy (non-hydrogen) atoms. The van der Waals surface area contributed by atoms with Gasteiger partial charge in [0, 0.05) is 5.92 Å². The molecule has 0 radical (unpaired) electrons. The molecule has 2 aliphatic rings. The van der Waals surface area contributed by atoms with Gasteiger partial charge in [-0.25, -0.2) is 0 Å². The van der Waals surface area contributed by atoms with Gasteiger partial charge in [0.1, 0.15) is 5.78 Å². The summed E-state index contributed by atoms with van der Waals surface area (Å²) < 4.78 is 52.9. The van der Waals surface area contributed by atoms with Crippen molar-refractivity contribution in [2.45, 2.75) is 35.6 Å². The molecule has 0 aromatic carbocycles. The summed E-state index contributed by atoms with van der Waals surface area (Å²) in [6, 6.07) is 0. The van der Waals surface area contributed by atoms with Crippen molar-refractivity contribution in [1.29, 1.82) is 0 Å². The normalized spacial score (nSPS) is 33.3. The number of hydrogen-bond donors (Lipinski definition) is 1. The highest BCUT2D eigenvalue weighted by Crippen LogP contribution is 2.59. The van der Waals surface area contributed by atoms with Crippen LogP contribution < -0.4 is 0 Å². The van der Waals surface area contributed by atoms with Crippen molar-refractivity contribution in [1.82, 2.24) is 0 Å². The van der Waals surface area contributed by atoms with E-state index in [1.54, 1.807) is 0 Å². The topological polar surface area (TPSA) is 37.3 Å². The second-order valence-corrected chi connectivity index (χ2v) is 5.86. The van der Waals surface area contributed by atoms with Crippen LogP contribution in [-0.2, 0) is 4.79 Å². The Morgan fingerprint density at radius 3 is 1.94 bits per heavy atom. The zero-order chi connectivity index (χ0) is 13.9. The number of ketones is 1. The first-order valence-electron chi connectivity index (χ1n) is 5.39. The highest BCUT2D eigenvalue weighted by Gasteiger charge is 2.75. The molecule has 1 N–H and O–H groups in total. The summed E-state index contributed by atoms with van der Waals surface area (Å²) in [5, 5.41) is 0.309. The van der Waals surface area contributed by atoms with Crippen LogP contribution in [0.2, 0.25) is 0 Å². The molecule has 2 aliphatic carbocycles. The first-order valence-corrected chi connectivity index (χ1v) is 6.15. The number of halogens is 6. The molecule has 0 saturated heterocycles. The van der Waals surface area contributed by atoms with Crippen LogP contribution in [0.15, 0.2) is 0 Å². The van der Waals surface area contributed by atoms with Gasteiger partial charge in [0.15, 0.2) is 0 Å². The number of rotatable bonds is 3. The van der Waals surface area contributed by atoms with Gasteiger partial charge in [-0.3, -0.25) is 4.79 Å². The zero-order valence-electron chi connectivity index (χ0n) is 8.98. The standard InChI is InChI=1S/C10H10Cl2F4O2/c11-9(13,14)8(18,10(12,15)16)6-4-1-2-5(3-4)7(6)17/h4-6,18H,1-3H2. The van der Waals surface area contributed by atoms with Crippen molar-refractivity contribution in [3.8, 4) is 0 Å². The van der Waals surface area contributed by atoms with Crippen molar-refractivity contribution < 1.29 is 27.5 Å². The Labute approximate surface area is 110 Å². The fraction of sp³-hybridized carbons (Fsp3) is 0.900. The summed E-state index contributed by atoms with van der Waals surface area (Å²) in [7, 11) is 0. The number of hydrogen-bond acceptors (Lipinski definition) is 2. The summed E-state index contributed by atoms with van der Waals surface area (Å²) >= 11 is 9.22. The lowest BCUT2D eigenvalue weighted by Crippen LogP contribution is -2.63. The van der Waals surface area contributed by atoms with E-state index in [2.05, 4.69) is 23.2 Å². The van der Waals surface area contributed by atoms with Crippen LogP contribution in [0.25, 0.3) is 0 Å². The molecule has 3 unspecified atom stereocenters. The SMILES string of the molecule is O=C1C2CCC(C2)C1C(O)(C(F)(F)Cl)C(F)(F)Cl. The first kappa shape index (κ1) is 14.3. The van der Waals surface area contributed by atoms with Gasteiger partial charge in [0.05, 0.1) is 5.92 Å². The van der Waals surface area contributed by atoms with Crippen LogP contribution in [0.1, 0.15) is 19.3 Å². The van der Waals surface area contributed by atoms with E-state index in [1.807, 2.05) is 0 Å². The quantitative estimate of drug-likeness (QED) is 0.643. The lowest BCUT2D eigenvalue weighted by molar-refractivity contribution is -0.246. The Hall–Kier alpha value is -0.0700. The number of fused-ring (bicyclic) bond motifs is 2. The molecule has 104 valence electrons. The Morgan fingerprint density at radius 2 is 1.61 bits per heavy atom. The highest BCUT2D eigenvalue weighted by atomic mass is 35.5. The predicted octanol–water partition coefficient (Wildman–Crippen LogP) is 3.00. The van der Waals surface area contributed by atoms with Crippen LogP contribution in [0, 0.1) is 17.8 Å². The van der Waals surface area contributed by atoms with Crippen molar-refractivity contribution in [3.05, 3.63) is 0 Å². The summed E-state index contributed by atoms with van der Waals surface area (Å²) in [4.78, 5) is 11.8. The molecule has 2 fully saturated rings. The van der Waals surface area contributed by atoms with Gasteiger partial charge >= 0.3 is 10.8 Å². The van der Waals surface area contributed by atoms with E-state index >= 15 is 0 Å². The van der Waals surface area contributed by atoms with E-state index < -0.39 is 39.9 Å². The number of Topliss-reactive ketones (excluding diaryl/α,β-unsaturated/α-hetero) is 1. The second kappa shape index (κ2) is 3.96. The molecule has 2 rings (SSSR count). The molecular formula is C10H10Cl2F4O2. The van der Waals surface area contributed by atoms with Crippen LogP contribution in [0.3, 0.4) is 0 Å². The van der Waals surface area contributed by atoms with Crippen molar-refractivity contribution in [3.63, 3.8) is 0 Å². The third-order valence-corrected chi connectivity index (χ3v) is 4.54. The number of aliphatic hydroxyl groups is 1. The minimum Gasteiger partial charge on any atom is -0.376 e. The number of carbonyl (C=O) groups excluding carboxylic acids is 1. The molecule has 0 heterocycles. The summed E-state index contributed by atoms with van der Waals surface area (Å²) in [5.74, 6) is -3.99.